The molecule has 0 aromatic carbocycles. The fourth-order valence-electron chi connectivity index (χ4n) is 0.847. The van der Waals surface area contributed by atoms with Crippen molar-refractivity contribution in [3.8, 4) is 0 Å². The van der Waals surface area contributed by atoms with E-state index >= 15 is 0 Å². The molecule has 0 aromatic heterocycles. The Hall–Kier alpha value is -0.620. The Kier molecular flexibility index (Phi) is 5.23. The maximum Gasteiger partial charge on any atom is 0.216 e. The lowest BCUT2D eigenvalue weighted by Gasteiger charge is -2.22. The standard InChI is InChI=1S/C9H20N2O3S/c1-8(12)11-6-5-10-7-9(2,3)15(4,13)14/h10H,5-7H2,1-4H3,(H,11,12). The number of sulfone groups is 1. The van der Waals surface area contributed by atoms with Gasteiger partial charge < -0.3 is 10.6 Å². The molecule has 0 fully saturated rings. The Morgan fingerprint density at radius 3 is 2.20 bits per heavy atom. The summed E-state index contributed by atoms with van der Waals surface area (Å²) < 4.78 is 21.9. The van der Waals surface area contributed by atoms with Gasteiger partial charge in [-0.3, -0.25) is 4.79 Å². The van der Waals surface area contributed by atoms with Gasteiger partial charge in [0.2, 0.25) is 5.91 Å². The highest BCUT2D eigenvalue weighted by Gasteiger charge is 2.29. The van der Waals surface area contributed by atoms with Crippen molar-refractivity contribution in [1.82, 2.24) is 10.6 Å². The molecule has 0 aromatic rings. The second-order valence-corrected chi connectivity index (χ2v) is 6.84. The van der Waals surface area contributed by atoms with Crippen molar-refractivity contribution in [3.63, 3.8) is 0 Å². The Morgan fingerprint density at radius 2 is 1.80 bits per heavy atom. The van der Waals surface area contributed by atoms with Gasteiger partial charge in [-0.15, -0.1) is 0 Å². The van der Waals surface area contributed by atoms with Crippen LogP contribution in [0.3, 0.4) is 0 Å². The molecule has 0 unspecified atom stereocenters. The lowest BCUT2D eigenvalue weighted by atomic mass is 10.2. The molecule has 0 rings (SSSR count). The van der Waals surface area contributed by atoms with Crippen LogP contribution in [0.15, 0.2) is 0 Å². The van der Waals surface area contributed by atoms with E-state index in [0.29, 0.717) is 19.6 Å². The number of nitrogens with one attached hydrogen (secondary N) is 2. The molecule has 90 valence electrons. The van der Waals surface area contributed by atoms with Crippen LogP contribution < -0.4 is 10.6 Å². The lowest BCUT2D eigenvalue weighted by molar-refractivity contribution is -0.118. The Morgan fingerprint density at radius 1 is 1.27 bits per heavy atom. The fourth-order valence-corrected chi connectivity index (χ4v) is 1.21. The SMILES string of the molecule is CC(=O)NCCNCC(C)(C)S(C)(=O)=O. The summed E-state index contributed by atoms with van der Waals surface area (Å²) >= 11 is 0. The third kappa shape index (κ3) is 5.74. The molecule has 0 atom stereocenters. The molecule has 0 spiro atoms. The summed E-state index contributed by atoms with van der Waals surface area (Å²) in [4.78, 5) is 10.5. The smallest absolute Gasteiger partial charge is 0.216 e. The van der Waals surface area contributed by atoms with Gasteiger partial charge in [0.05, 0.1) is 4.75 Å². The van der Waals surface area contributed by atoms with Gasteiger partial charge in [0, 0.05) is 32.8 Å². The third-order valence-corrected chi connectivity index (χ3v) is 4.38. The second-order valence-electron chi connectivity index (χ2n) is 4.19. The number of hydrogen-bond donors (Lipinski definition) is 2. The topological polar surface area (TPSA) is 75.3 Å². The van der Waals surface area contributed by atoms with Crippen molar-refractivity contribution in [2.45, 2.75) is 25.5 Å². The van der Waals surface area contributed by atoms with Gasteiger partial charge in [-0.05, 0) is 13.8 Å². The average Bonchev–Trinajstić information content (AvgIpc) is 2.00. The minimum atomic E-state index is -3.06. The first-order chi connectivity index (χ1) is 6.67. The largest absolute Gasteiger partial charge is 0.355 e. The van der Waals surface area contributed by atoms with Crippen LogP contribution in [-0.4, -0.2) is 45.0 Å². The van der Waals surface area contributed by atoms with Crippen LogP contribution in [0.1, 0.15) is 20.8 Å². The van der Waals surface area contributed by atoms with Crippen molar-refractivity contribution in [1.29, 1.82) is 0 Å². The molecular formula is C9H20N2O3S. The minimum Gasteiger partial charge on any atom is -0.355 e. The van der Waals surface area contributed by atoms with E-state index < -0.39 is 14.6 Å². The summed E-state index contributed by atoms with van der Waals surface area (Å²) in [7, 11) is -3.06. The molecule has 0 aliphatic heterocycles. The van der Waals surface area contributed by atoms with E-state index in [0.717, 1.165) is 0 Å². The zero-order chi connectivity index (χ0) is 12.1. The number of amides is 1. The Bertz CT molecular complexity index is 309. The summed E-state index contributed by atoms with van der Waals surface area (Å²) in [5.74, 6) is -0.0841. The molecule has 0 radical (unpaired) electrons. The number of carbonyl (C=O) groups is 1. The van der Waals surface area contributed by atoms with Crippen molar-refractivity contribution >= 4 is 15.7 Å². The number of hydrogen-bond acceptors (Lipinski definition) is 4. The normalized spacial score (nSPS) is 12.5. The van der Waals surface area contributed by atoms with Crippen molar-refractivity contribution in [3.05, 3.63) is 0 Å². The quantitative estimate of drug-likeness (QED) is 0.612. The second kappa shape index (κ2) is 5.46. The maximum atomic E-state index is 11.3. The van der Waals surface area contributed by atoms with Crippen LogP contribution in [0.25, 0.3) is 0 Å². The zero-order valence-electron chi connectivity index (χ0n) is 9.75. The van der Waals surface area contributed by atoms with Gasteiger partial charge >= 0.3 is 0 Å². The highest BCUT2D eigenvalue weighted by molar-refractivity contribution is 7.92. The first-order valence-corrected chi connectivity index (χ1v) is 6.71. The Balaban J connectivity index is 3.82. The van der Waals surface area contributed by atoms with E-state index in [4.69, 9.17) is 0 Å². The van der Waals surface area contributed by atoms with Gasteiger partial charge in [0.25, 0.3) is 0 Å². The van der Waals surface area contributed by atoms with Gasteiger partial charge in [-0.2, -0.15) is 0 Å². The highest BCUT2D eigenvalue weighted by atomic mass is 32.2. The van der Waals surface area contributed by atoms with E-state index in [2.05, 4.69) is 10.6 Å². The van der Waals surface area contributed by atoms with E-state index in [9.17, 15) is 13.2 Å². The highest BCUT2D eigenvalue weighted by Crippen LogP contribution is 2.12. The molecule has 0 aliphatic rings. The van der Waals surface area contributed by atoms with Crippen molar-refractivity contribution in [2.24, 2.45) is 0 Å². The van der Waals surface area contributed by atoms with E-state index in [1.165, 1.54) is 13.2 Å². The van der Waals surface area contributed by atoms with Crippen molar-refractivity contribution in [2.75, 3.05) is 25.9 Å². The lowest BCUT2D eigenvalue weighted by Crippen LogP contribution is -2.43. The van der Waals surface area contributed by atoms with E-state index in [1.54, 1.807) is 13.8 Å². The number of carbonyl (C=O) groups excluding carboxylic acids is 1. The number of rotatable bonds is 6. The van der Waals surface area contributed by atoms with Gasteiger partial charge in [-0.1, -0.05) is 0 Å². The summed E-state index contributed by atoms with van der Waals surface area (Å²) in [6, 6.07) is 0. The summed E-state index contributed by atoms with van der Waals surface area (Å²) in [5, 5.41) is 5.61. The van der Waals surface area contributed by atoms with Gasteiger partial charge in [0.1, 0.15) is 0 Å². The summed E-state index contributed by atoms with van der Waals surface area (Å²) in [6.45, 7) is 6.25. The monoisotopic (exact) mass is 236 g/mol. The molecule has 15 heavy (non-hydrogen) atoms. The first-order valence-electron chi connectivity index (χ1n) is 4.81. The van der Waals surface area contributed by atoms with E-state index in [1.807, 2.05) is 0 Å². The van der Waals surface area contributed by atoms with Crippen LogP contribution in [0.2, 0.25) is 0 Å². The molecule has 5 nitrogen and oxygen atoms in total. The molecule has 0 aliphatic carbocycles. The molecule has 1 amide bonds. The van der Waals surface area contributed by atoms with Crippen LogP contribution in [-0.2, 0) is 14.6 Å². The first kappa shape index (κ1) is 14.4. The maximum absolute atomic E-state index is 11.3. The molecule has 0 bridgehead atoms. The minimum absolute atomic E-state index is 0.0841. The summed E-state index contributed by atoms with van der Waals surface area (Å²) in [6.07, 6.45) is 1.22. The van der Waals surface area contributed by atoms with Crippen molar-refractivity contribution < 1.29 is 13.2 Å². The summed E-state index contributed by atoms with van der Waals surface area (Å²) in [5.41, 5.74) is 0. The third-order valence-electron chi connectivity index (χ3n) is 2.23. The van der Waals surface area contributed by atoms with Gasteiger partial charge in [-0.25, -0.2) is 8.42 Å². The zero-order valence-corrected chi connectivity index (χ0v) is 10.6. The fraction of sp³-hybridized carbons (Fsp3) is 0.889. The average molecular weight is 236 g/mol. The predicted octanol–water partition coefficient (Wildman–Crippen LogP) is -0.465. The van der Waals surface area contributed by atoms with Crippen LogP contribution in [0, 0.1) is 0 Å². The molecule has 2 N–H and O–H groups in total. The van der Waals surface area contributed by atoms with Crippen LogP contribution >= 0.6 is 0 Å². The molecule has 0 heterocycles. The van der Waals surface area contributed by atoms with Crippen LogP contribution in [0.4, 0.5) is 0 Å². The van der Waals surface area contributed by atoms with Crippen LogP contribution in [0.5, 0.6) is 0 Å². The van der Waals surface area contributed by atoms with E-state index in [-0.39, 0.29) is 5.91 Å². The molecule has 6 heteroatoms. The van der Waals surface area contributed by atoms with Gasteiger partial charge in [0.15, 0.2) is 9.84 Å². The molecular weight excluding hydrogens is 216 g/mol. The Labute approximate surface area is 91.5 Å². The predicted molar refractivity (Wildman–Crippen MR) is 60.5 cm³/mol. The molecule has 0 saturated carbocycles. The molecule has 0 saturated heterocycles.